The number of benzene rings is 1. The molecule has 0 aliphatic heterocycles. The van der Waals surface area contributed by atoms with E-state index in [0.29, 0.717) is 18.8 Å². The molecule has 0 amide bonds. The van der Waals surface area contributed by atoms with Crippen LogP contribution in [0.4, 0.5) is 13.2 Å². The molecule has 1 aromatic rings. The van der Waals surface area contributed by atoms with Crippen LogP contribution in [-0.4, -0.2) is 22.2 Å². The molecule has 0 aromatic heterocycles. The second-order valence-electron chi connectivity index (χ2n) is 5.68. The van der Waals surface area contributed by atoms with Crippen LogP contribution in [-0.2, 0) is 0 Å². The first-order valence-electron chi connectivity index (χ1n) is 6.88. The molecule has 0 bridgehead atoms. The lowest BCUT2D eigenvalue weighted by molar-refractivity contribution is -0.0886. The number of carbonyl (C=O) groups excluding carboxylic acids is 1. The van der Waals surface area contributed by atoms with Gasteiger partial charge in [0.2, 0.25) is 0 Å². The summed E-state index contributed by atoms with van der Waals surface area (Å²) in [5.41, 5.74) is -0.731. The third kappa shape index (κ3) is 3.14. The maximum atomic E-state index is 12.5. The third-order valence-electron chi connectivity index (χ3n) is 4.12. The Balaban J connectivity index is 2.40. The summed E-state index contributed by atoms with van der Waals surface area (Å²) >= 11 is 0. The zero-order valence-electron chi connectivity index (χ0n) is 11.6. The predicted octanol–water partition coefficient (Wildman–Crippen LogP) is 4.14. The molecule has 1 aromatic carbocycles. The van der Waals surface area contributed by atoms with Crippen LogP contribution < -0.4 is 0 Å². The first kappa shape index (κ1) is 15.7. The molecular formula is C15H17F3O3. The monoisotopic (exact) mass is 302 g/mol. The molecule has 0 heterocycles. The Kier molecular flexibility index (Phi) is 4.16. The minimum Gasteiger partial charge on any atom is -0.508 e. The number of Topliss-reactive ketones (excluding diaryl/α,β-unsaturated/α-hetero) is 1. The Hall–Kier alpha value is -1.72. The molecule has 21 heavy (non-hydrogen) atoms. The minimum absolute atomic E-state index is 0.0667. The van der Waals surface area contributed by atoms with E-state index in [1.807, 2.05) is 0 Å². The van der Waals surface area contributed by atoms with Crippen molar-refractivity contribution in [2.24, 2.45) is 5.92 Å². The molecule has 0 unspecified atom stereocenters. The number of aromatic hydroxyl groups is 2. The summed E-state index contributed by atoms with van der Waals surface area (Å²) in [7, 11) is 0. The quantitative estimate of drug-likeness (QED) is 0.807. The molecule has 2 N–H and O–H groups in total. The average molecular weight is 302 g/mol. The molecule has 1 saturated carbocycles. The first-order valence-corrected chi connectivity index (χ1v) is 6.88. The molecule has 1 aliphatic carbocycles. The van der Waals surface area contributed by atoms with Gasteiger partial charge < -0.3 is 10.2 Å². The van der Waals surface area contributed by atoms with E-state index in [0.717, 1.165) is 25.0 Å². The van der Waals surface area contributed by atoms with Crippen LogP contribution in [0.15, 0.2) is 12.1 Å². The van der Waals surface area contributed by atoms with Crippen LogP contribution in [0.1, 0.15) is 54.4 Å². The second kappa shape index (κ2) is 5.58. The average Bonchev–Trinajstić information content (AvgIpc) is 2.39. The summed E-state index contributed by atoms with van der Waals surface area (Å²) in [5.74, 6) is -2.79. The van der Waals surface area contributed by atoms with Crippen LogP contribution >= 0.6 is 0 Å². The van der Waals surface area contributed by atoms with Crippen LogP contribution in [0, 0.1) is 5.92 Å². The maximum absolute atomic E-state index is 12.5. The lowest BCUT2D eigenvalue weighted by atomic mass is 9.78. The van der Waals surface area contributed by atoms with Gasteiger partial charge in [0.05, 0.1) is 5.56 Å². The van der Waals surface area contributed by atoms with Gasteiger partial charge >= 0.3 is 6.18 Å². The molecule has 6 heteroatoms. The van der Waals surface area contributed by atoms with Crippen LogP contribution in [0.3, 0.4) is 0 Å². The predicted molar refractivity (Wildman–Crippen MR) is 70.5 cm³/mol. The van der Waals surface area contributed by atoms with Crippen molar-refractivity contribution in [2.45, 2.75) is 44.7 Å². The molecule has 0 atom stereocenters. The van der Waals surface area contributed by atoms with Crippen molar-refractivity contribution < 1.29 is 28.2 Å². The molecule has 3 nitrogen and oxygen atoms in total. The van der Waals surface area contributed by atoms with Crippen LogP contribution in [0.2, 0.25) is 0 Å². The third-order valence-corrected chi connectivity index (χ3v) is 4.12. The fourth-order valence-electron chi connectivity index (χ4n) is 2.88. The zero-order valence-corrected chi connectivity index (χ0v) is 11.6. The maximum Gasteiger partial charge on any atom is 0.455 e. The van der Waals surface area contributed by atoms with Crippen molar-refractivity contribution in [2.75, 3.05) is 0 Å². The highest BCUT2D eigenvalue weighted by Gasteiger charge is 2.41. The number of hydrogen-bond acceptors (Lipinski definition) is 3. The summed E-state index contributed by atoms with van der Waals surface area (Å²) in [6.07, 6.45) is -1.95. The number of alkyl halides is 3. The van der Waals surface area contributed by atoms with Gasteiger partial charge in [0, 0.05) is 5.56 Å². The number of ketones is 1. The van der Waals surface area contributed by atoms with E-state index < -0.39 is 23.3 Å². The van der Waals surface area contributed by atoms with E-state index >= 15 is 0 Å². The number of phenols is 2. The molecule has 0 radical (unpaired) electrons. The highest BCUT2D eigenvalue weighted by Crippen LogP contribution is 2.45. The number of phenolic OH excluding ortho intramolecular Hbond substituents is 2. The standard InChI is InChI=1S/C15H17F3O3/c1-8-2-4-9(5-3-8)12-11(19)7-6-10(13(12)20)14(21)15(16,17)18/h6-9,19-20H,2-5H2,1H3. The molecule has 1 fully saturated rings. The van der Waals surface area contributed by atoms with E-state index in [1.165, 1.54) is 0 Å². The van der Waals surface area contributed by atoms with Crippen molar-refractivity contribution in [3.63, 3.8) is 0 Å². The van der Waals surface area contributed by atoms with E-state index in [1.54, 1.807) is 0 Å². The normalized spacial score (nSPS) is 23.0. The summed E-state index contributed by atoms with van der Waals surface area (Å²) in [5, 5.41) is 19.9. The van der Waals surface area contributed by atoms with E-state index in [-0.39, 0.29) is 17.2 Å². The fourth-order valence-corrected chi connectivity index (χ4v) is 2.88. The lowest BCUT2D eigenvalue weighted by Gasteiger charge is -2.28. The van der Waals surface area contributed by atoms with Gasteiger partial charge in [0.15, 0.2) is 0 Å². The topological polar surface area (TPSA) is 57.5 Å². The van der Waals surface area contributed by atoms with Crippen molar-refractivity contribution in [3.8, 4) is 11.5 Å². The summed E-state index contributed by atoms with van der Waals surface area (Å²) in [6, 6.07) is 1.86. The molecule has 2 rings (SSSR count). The Bertz CT molecular complexity index is 544. The van der Waals surface area contributed by atoms with Gasteiger partial charge in [-0.25, -0.2) is 0 Å². The Labute approximate surface area is 120 Å². The summed E-state index contributed by atoms with van der Waals surface area (Å²) in [6.45, 7) is 2.08. The zero-order chi connectivity index (χ0) is 15.8. The Morgan fingerprint density at radius 2 is 1.71 bits per heavy atom. The van der Waals surface area contributed by atoms with Gasteiger partial charge in [-0.1, -0.05) is 19.8 Å². The highest BCUT2D eigenvalue weighted by molar-refractivity contribution is 6.03. The smallest absolute Gasteiger partial charge is 0.455 e. The van der Waals surface area contributed by atoms with Crippen LogP contribution in [0.5, 0.6) is 11.5 Å². The SMILES string of the molecule is CC1CCC(c2c(O)ccc(C(=O)C(F)(F)F)c2O)CC1. The van der Waals surface area contributed by atoms with Gasteiger partial charge in [-0.15, -0.1) is 0 Å². The lowest BCUT2D eigenvalue weighted by Crippen LogP contribution is -2.23. The van der Waals surface area contributed by atoms with Gasteiger partial charge in [-0.05, 0) is 36.8 Å². The number of carbonyl (C=O) groups is 1. The first-order chi connectivity index (χ1) is 9.71. The second-order valence-corrected chi connectivity index (χ2v) is 5.68. The van der Waals surface area contributed by atoms with Crippen molar-refractivity contribution in [1.29, 1.82) is 0 Å². The van der Waals surface area contributed by atoms with Crippen molar-refractivity contribution in [1.82, 2.24) is 0 Å². The van der Waals surface area contributed by atoms with Crippen molar-refractivity contribution >= 4 is 5.78 Å². The van der Waals surface area contributed by atoms with Gasteiger partial charge in [0.25, 0.3) is 5.78 Å². The molecule has 1 aliphatic rings. The van der Waals surface area contributed by atoms with E-state index in [4.69, 9.17) is 0 Å². The van der Waals surface area contributed by atoms with E-state index in [9.17, 15) is 28.2 Å². The van der Waals surface area contributed by atoms with E-state index in [2.05, 4.69) is 6.92 Å². The minimum atomic E-state index is -5.05. The molecule has 116 valence electrons. The molecular weight excluding hydrogens is 285 g/mol. The summed E-state index contributed by atoms with van der Waals surface area (Å²) in [4.78, 5) is 11.3. The molecule has 0 spiro atoms. The van der Waals surface area contributed by atoms with Gasteiger partial charge in [0.1, 0.15) is 11.5 Å². The van der Waals surface area contributed by atoms with Crippen LogP contribution in [0.25, 0.3) is 0 Å². The Morgan fingerprint density at radius 3 is 2.24 bits per heavy atom. The Morgan fingerprint density at radius 1 is 1.14 bits per heavy atom. The van der Waals surface area contributed by atoms with Gasteiger partial charge in [-0.3, -0.25) is 4.79 Å². The summed E-state index contributed by atoms with van der Waals surface area (Å²) < 4.78 is 37.6. The highest BCUT2D eigenvalue weighted by atomic mass is 19.4. The van der Waals surface area contributed by atoms with Gasteiger partial charge in [-0.2, -0.15) is 13.2 Å². The fraction of sp³-hybridized carbons (Fsp3) is 0.533. The number of rotatable bonds is 2. The number of hydrogen-bond donors (Lipinski definition) is 2. The van der Waals surface area contributed by atoms with Crippen molar-refractivity contribution in [3.05, 3.63) is 23.3 Å². The largest absolute Gasteiger partial charge is 0.508 e. The molecule has 0 saturated heterocycles. The number of halogens is 3.